The molecular weight excluding hydrogens is 96.0 g/mol. The molecule has 2 N–H and O–H groups in total. The molecule has 0 radical (unpaired) electrons. The summed E-state index contributed by atoms with van der Waals surface area (Å²) >= 11 is 0. The second kappa shape index (κ2) is 1.75. The lowest BCUT2D eigenvalue weighted by Gasteiger charge is -2.18. The number of nitrogens with zero attached hydrogens (tertiary/aromatic N) is 1. The minimum atomic E-state index is -0.153. The van der Waals surface area contributed by atoms with Crippen LogP contribution in [0.3, 0.4) is 0 Å². The minimum Gasteiger partial charge on any atom is -0.611 e. The third-order valence-electron chi connectivity index (χ3n) is 1.05. The highest BCUT2D eigenvalue weighted by molar-refractivity contribution is 4.39. The Morgan fingerprint density at radius 1 is 1.71 bits per heavy atom. The molecule has 42 valence electrons. The Bertz CT molecular complexity index is 60.0. The molecular formula is C3H8N2O2. The van der Waals surface area contributed by atoms with Crippen LogP contribution in [-0.4, -0.2) is 23.5 Å². The lowest BCUT2D eigenvalue weighted by atomic mass is 10.5. The molecule has 0 aromatic rings. The van der Waals surface area contributed by atoms with Crippen LogP contribution in [0, 0.1) is 5.21 Å². The van der Waals surface area contributed by atoms with Gasteiger partial charge in [-0.15, -0.1) is 0 Å². The zero-order chi connectivity index (χ0) is 5.28. The van der Waals surface area contributed by atoms with Gasteiger partial charge in [-0.2, -0.15) is 0 Å². The summed E-state index contributed by atoms with van der Waals surface area (Å²) in [4.78, 5) is 0. The van der Waals surface area contributed by atoms with Crippen LogP contribution in [-0.2, 0) is 0 Å². The first-order chi connectivity index (χ1) is 3.30. The third kappa shape index (κ3) is 0.889. The summed E-state index contributed by atoms with van der Waals surface area (Å²) in [5.41, 5.74) is 0. The Kier molecular flexibility index (Phi) is 1.25. The Balaban J connectivity index is 2.33. The van der Waals surface area contributed by atoms with Gasteiger partial charge in [0, 0.05) is 6.42 Å². The van der Waals surface area contributed by atoms with E-state index in [1.54, 1.807) is 0 Å². The van der Waals surface area contributed by atoms with E-state index in [1.807, 2.05) is 0 Å². The predicted molar refractivity (Wildman–Crippen MR) is 22.3 cm³/mol. The van der Waals surface area contributed by atoms with Gasteiger partial charge in [0.15, 0.2) is 0 Å². The largest absolute Gasteiger partial charge is 0.611 e. The van der Waals surface area contributed by atoms with Crippen molar-refractivity contribution in [2.45, 2.75) is 6.42 Å². The van der Waals surface area contributed by atoms with Crippen LogP contribution in [0.2, 0.25) is 0 Å². The Morgan fingerprint density at radius 3 is 2.57 bits per heavy atom. The highest BCUT2D eigenvalue weighted by Gasteiger charge is 2.15. The number of quaternary nitrogens is 1. The first-order valence-corrected chi connectivity index (χ1v) is 2.30. The molecule has 4 nitrogen and oxygen atoms in total. The fourth-order valence-electron chi connectivity index (χ4n) is 0.634. The fraction of sp³-hybridized carbons (Fsp3) is 1.00. The van der Waals surface area contributed by atoms with Gasteiger partial charge in [0.1, 0.15) is 0 Å². The van der Waals surface area contributed by atoms with E-state index in [-0.39, 0.29) is 5.17 Å². The molecule has 1 atom stereocenters. The smallest absolute Gasteiger partial charge is 0.0979 e. The summed E-state index contributed by atoms with van der Waals surface area (Å²) in [7, 11) is 0. The van der Waals surface area contributed by atoms with Gasteiger partial charge in [-0.05, 0) is 5.17 Å². The quantitative estimate of drug-likeness (QED) is 0.363. The predicted octanol–water partition coefficient (Wildman–Crippen LogP) is -1.62. The van der Waals surface area contributed by atoms with Crippen LogP contribution >= 0.6 is 0 Å². The van der Waals surface area contributed by atoms with Crippen LogP contribution in [0.25, 0.3) is 0 Å². The van der Waals surface area contributed by atoms with E-state index in [0.717, 1.165) is 11.6 Å². The van der Waals surface area contributed by atoms with Crippen molar-refractivity contribution in [1.82, 2.24) is 5.17 Å². The summed E-state index contributed by atoms with van der Waals surface area (Å²) < 4.78 is 0. The molecule has 0 bridgehead atoms. The van der Waals surface area contributed by atoms with Crippen molar-refractivity contribution >= 4 is 0 Å². The zero-order valence-electron chi connectivity index (χ0n) is 3.92. The summed E-state index contributed by atoms with van der Waals surface area (Å²) in [6.07, 6.45) is 0.801. The van der Waals surface area contributed by atoms with E-state index < -0.39 is 0 Å². The number of rotatable bonds is 0. The van der Waals surface area contributed by atoms with Gasteiger partial charge in [0.25, 0.3) is 0 Å². The van der Waals surface area contributed by atoms with E-state index in [9.17, 15) is 5.21 Å². The summed E-state index contributed by atoms with van der Waals surface area (Å²) in [6.45, 7) is 1.02. The SMILES string of the molecule is [O-][NH+]1CCCN1O. The molecule has 7 heavy (non-hydrogen) atoms. The molecule has 1 unspecified atom stereocenters. The molecule has 0 aromatic heterocycles. The van der Waals surface area contributed by atoms with Crippen LogP contribution in [0.5, 0.6) is 0 Å². The highest BCUT2D eigenvalue weighted by atomic mass is 16.7. The average Bonchev–Trinajstić information content (AvgIpc) is 1.91. The van der Waals surface area contributed by atoms with E-state index >= 15 is 0 Å². The normalized spacial score (nSPS) is 34.3. The molecule has 1 heterocycles. The summed E-state index contributed by atoms with van der Waals surface area (Å²) in [5, 5.41) is 19.3. The molecule has 1 rings (SSSR count). The van der Waals surface area contributed by atoms with Crippen LogP contribution in [0.15, 0.2) is 0 Å². The van der Waals surface area contributed by atoms with Gasteiger partial charge in [0.05, 0.1) is 13.1 Å². The molecule has 1 fully saturated rings. The van der Waals surface area contributed by atoms with Gasteiger partial charge in [-0.3, -0.25) is 10.4 Å². The average molecular weight is 104 g/mol. The fourth-order valence-corrected chi connectivity index (χ4v) is 0.634. The van der Waals surface area contributed by atoms with Crippen LogP contribution in [0.4, 0.5) is 0 Å². The molecule has 0 aliphatic carbocycles. The maximum absolute atomic E-state index is 10.2. The summed E-state index contributed by atoms with van der Waals surface area (Å²) in [5.74, 6) is 0. The van der Waals surface area contributed by atoms with Crippen molar-refractivity contribution in [3.8, 4) is 0 Å². The van der Waals surface area contributed by atoms with E-state index in [2.05, 4.69) is 0 Å². The number of nitrogens with one attached hydrogen (secondary N) is 1. The van der Waals surface area contributed by atoms with Crippen molar-refractivity contribution < 1.29 is 10.4 Å². The van der Waals surface area contributed by atoms with E-state index in [0.29, 0.717) is 13.1 Å². The van der Waals surface area contributed by atoms with Crippen molar-refractivity contribution in [2.24, 2.45) is 0 Å². The Morgan fingerprint density at radius 2 is 2.43 bits per heavy atom. The molecule has 0 saturated carbocycles. The molecule has 1 aliphatic heterocycles. The van der Waals surface area contributed by atoms with Gasteiger partial charge in [0.2, 0.25) is 0 Å². The minimum absolute atomic E-state index is 0.153. The molecule has 4 heteroatoms. The van der Waals surface area contributed by atoms with Crippen molar-refractivity contribution in [3.05, 3.63) is 5.21 Å². The van der Waals surface area contributed by atoms with Crippen LogP contribution in [0.1, 0.15) is 6.42 Å². The topological polar surface area (TPSA) is 51.0 Å². The van der Waals surface area contributed by atoms with E-state index in [4.69, 9.17) is 5.21 Å². The molecule has 0 spiro atoms. The number of hydrogen-bond donors (Lipinski definition) is 2. The van der Waals surface area contributed by atoms with Crippen molar-refractivity contribution in [2.75, 3.05) is 13.1 Å². The van der Waals surface area contributed by atoms with Crippen LogP contribution < -0.4 is 5.17 Å². The first-order valence-electron chi connectivity index (χ1n) is 2.30. The lowest BCUT2D eigenvalue weighted by molar-refractivity contribution is -0.996. The number of hydroxylamine groups is 2. The molecule has 0 aromatic carbocycles. The van der Waals surface area contributed by atoms with Gasteiger partial charge < -0.3 is 5.21 Å². The molecule has 0 amide bonds. The van der Waals surface area contributed by atoms with Crippen molar-refractivity contribution in [3.63, 3.8) is 0 Å². The third-order valence-corrected chi connectivity index (χ3v) is 1.05. The lowest BCUT2D eigenvalue weighted by Crippen LogP contribution is -3.10. The van der Waals surface area contributed by atoms with Gasteiger partial charge >= 0.3 is 0 Å². The Hall–Kier alpha value is -0.160. The molecule has 1 aliphatic rings. The second-order valence-corrected chi connectivity index (χ2v) is 1.62. The second-order valence-electron chi connectivity index (χ2n) is 1.62. The van der Waals surface area contributed by atoms with Gasteiger partial charge in [-0.1, -0.05) is 0 Å². The highest BCUT2D eigenvalue weighted by Crippen LogP contribution is 1.82. The maximum atomic E-state index is 10.2. The monoisotopic (exact) mass is 104 g/mol. The van der Waals surface area contributed by atoms with Crippen molar-refractivity contribution in [1.29, 1.82) is 0 Å². The summed E-state index contributed by atoms with van der Waals surface area (Å²) in [6, 6.07) is 0. The first kappa shape index (κ1) is 4.99. The molecule has 1 saturated heterocycles. The van der Waals surface area contributed by atoms with Gasteiger partial charge in [-0.25, -0.2) is 0 Å². The maximum Gasteiger partial charge on any atom is 0.0979 e. The zero-order valence-corrected chi connectivity index (χ0v) is 3.92. The van der Waals surface area contributed by atoms with E-state index in [1.165, 1.54) is 0 Å². The Labute approximate surface area is 41.4 Å². The number of hydrogen-bond acceptors (Lipinski definition) is 3. The standard InChI is InChI=1S/C3H8N2O2/c6-4-2-1-3-5(4)7/h4,7H,1-3H2.